The Hall–Kier alpha value is -1.09. The molecule has 1 fully saturated rings. The Balaban J connectivity index is 2.28. The van der Waals surface area contributed by atoms with Crippen LogP contribution < -0.4 is 0 Å². The third kappa shape index (κ3) is 3.08. The molecule has 2 rings (SSSR count). The number of nitrogens with zero attached hydrogens (tertiary/aromatic N) is 2. The van der Waals surface area contributed by atoms with Gasteiger partial charge in [0.2, 0.25) is 0 Å². The van der Waals surface area contributed by atoms with E-state index in [0.29, 0.717) is 16.8 Å². The number of carbonyl (C=O) groups is 1. The maximum Gasteiger partial charge on any atom is 0.254 e. The average Bonchev–Trinajstić information content (AvgIpc) is 2.23. The molecule has 1 aliphatic carbocycles. The van der Waals surface area contributed by atoms with Crippen LogP contribution in [0.2, 0.25) is 5.15 Å². The van der Waals surface area contributed by atoms with Crippen molar-refractivity contribution in [3.63, 3.8) is 0 Å². The van der Waals surface area contributed by atoms with Gasteiger partial charge in [0.1, 0.15) is 5.15 Å². The summed E-state index contributed by atoms with van der Waals surface area (Å²) in [6.45, 7) is 6.20. The number of halogens is 1. The SMILES string of the molecule is CN(C(=O)c1cc(Cl)nc(C(C)(C)C)c1)C1CCC1. The van der Waals surface area contributed by atoms with Crippen molar-refractivity contribution in [3.8, 4) is 0 Å². The Bertz CT molecular complexity index is 489. The highest BCUT2D eigenvalue weighted by molar-refractivity contribution is 6.29. The number of aromatic nitrogens is 1. The quantitative estimate of drug-likeness (QED) is 0.775. The van der Waals surface area contributed by atoms with E-state index in [4.69, 9.17) is 11.6 Å². The lowest BCUT2D eigenvalue weighted by atomic mass is 9.89. The molecule has 1 aliphatic rings. The fourth-order valence-electron chi connectivity index (χ4n) is 2.15. The lowest BCUT2D eigenvalue weighted by Crippen LogP contribution is -2.41. The van der Waals surface area contributed by atoms with E-state index in [9.17, 15) is 4.79 Å². The Morgan fingerprint density at radius 2 is 2.00 bits per heavy atom. The standard InChI is InChI=1S/C15H21ClN2O/c1-15(2,3)12-8-10(9-13(16)17-12)14(19)18(4)11-6-5-7-11/h8-9,11H,5-7H2,1-4H3. The number of amides is 1. The van der Waals surface area contributed by atoms with Crippen molar-refractivity contribution in [1.29, 1.82) is 0 Å². The van der Waals surface area contributed by atoms with Gasteiger partial charge in [0.25, 0.3) is 5.91 Å². The first-order valence-electron chi connectivity index (χ1n) is 6.74. The summed E-state index contributed by atoms with van der Waals surface area (Å²) >= 11 is 6.05. The van der Waals surface area contributed by atoms with Crippen molar-refractivity contribution in [1.82, 2.24) is 9.88 Å². The molecule has 0 aromatic carbocycles. The minimum Gasteiger partial charge on any atom is -0.339 e. The van der Waals surface area contributed by atoms with Crippen molar-refractivity contribution >= 4 is 17.5 Å². The molecule has 0 atom stereocenters. The van der Waals surface area contributed by atoms with Gasteiger partial charge >= 0.3 is 0 Å². The fraction of sp³-hybridized carbons (Fsp3) is 0.600. The van der Waals surface area contributed by atoms with Gasteiger partial charge in [-0.25, -0.2) is 4.98 Å². The fourth-order valence-corrected chi connectivity index (χ4v) is 2.36. The maximum atomic E-state index is 12.4. The number of hydrogen-bond acceptors (Lipinski definition) is 2. The van der Waals surface area contributed by atoms with Crippen LogP contribution in [0.25, 0.3) is 0 Å². The van der Waals surface area contributed by atoms with E-state index >= 15 is 0 Å². The monoisotopic (exact) mass is 280 g/mol. The zero-order valence-corrected chi connectivity index (χ0v) is 12.8. The second kappa shape index (κ2) is 5.12. The van der Waals surface area contributed by atoms with Gasteiger partial charge in [-0.05, 0) is 31.4 Å². The Labute approximate surface area is 120 Å². The number of pyridine rings is 1. The van der Waals surface area contributed by atoms with E-state index in [0.717, 1.165) is 18.5 Å². The van der Waals surface area contributed by atoms with E-state index in [-0.39, 0.29) is 11.3 Å². The van der Waals surface area contributed by atoms with Crippen LogP contribution in [0.5, 0.6) is 0 Å². The summed E-state index contributed by atoms with van der Waals surface area (Å²) in [6, 6.07) is 3.91. The van der Waals surface area contributed by atoms with Crippen molar-refractivity contribution in [2.45, 2.75) is 51.5 Å². The van der Waals surface area contributed by atoms with Gasteiger partial charge in [-0.3, -0.25) is 4.79 Å². The molecule has 1 saturated carbocycles. The van der Waals surface area contributed by atoms with E-state index in [1.807, 2.05) is 18.0 Å². The minimum absolute atomic E-state index is 0.0412. The molecule has 104 valence electrons. The second-order valence-corrected chi connectivity index (χ2v) is 6.70. The van der Waals surface area contributed by atoms with E-state index in [1.165, 1.54) is 6.42 Å². The molecule has 1 amide bonds. The van der Waals surface area contributed by atoms with Gasteiger partial charge in [0.15, 0.2) is 0 Å². The number of rotatable bonds is 2. The van der Waals surface area contributed by atoms with Gasteiger partial charge in [0.05, 0.1) is 0 Å². The summed E-state index contributed by atoms with van der Waals surface area (Å²) in [5.74, 6) is 0.0412. The molecule has 3 nitrogen and oxygen atoms in total. The van der Waals surface area contributed by atoms with Gasteiger partial charge in [-0.2, -0.15) is 0 Å². The first-order valence-corrected chi connectivity index (χ1v) is 7.12. The summed E-state index contributed by atoms with van der Waals surface area (Å²) in [4.78, 5) is 18.6. The molecule has 0 aliphatic heterocycles. The molecule has 1 aromatic rings. The molecule has 1 aromatic heterocycles. The zero-order chi connectivity index (χ0) is 14.2. The first-order chi connectivity index (χ1) is 8.79. The minimum atomic E-state index is -0.116. The smallest absolute Gasteiger partial charge is 0.254 e. The summed E-state index contributed by atoms with van der Waals surface area (Å²) in [5.41, 5.74) is 1.37. The topological polar surface area (TPSA) is 33.2 Å². The molecule has 4 heteroatoms. The predicted octanol–water partition coefficient (Wildman–Crippen LogP) is 3.66. The summed E-state index contributed by atoms with van der Waals surface area (Å²) in [6.07, 6.45) is 3.42. The summed E-state index contributed by atoms with van der Waals surface area (Å²) in [7, 11) is 1.87. The highest BCUT2D eigenvalue weighted by Gasteiger charge is 2.27. The molecule has 0 N–H and O–H groups in total. The zero-order valence-electron chi connectivity index (χ0n) is 12.0. The molecule has 0 unspecified atom stereocenters. The molecule has 0 bridgehead atoms. The van der Waals surface area contributed by atoms with Crippen LogP contribution in [-0.2, 0) is 5.41 Å². The summed E-state index contributed by atoms with van der Waals surface area (Å²) in [5, 5.41) is 0.387. The lowest BCUT2D eigenvalue weighted by molar-refractivity contribution is 0.0651. The van der Waals surface area contributed by atoms with Crippen LogP contribution in [0.4, 0.5) is 0 Å². The van der Waals surface area contributed by atoms with Crippen molar-refractivity contribution in [2.75, 3.05) is 7.05 Å². The van der Waals surface area contributed by atoms with Gasteiger partial charge in [-0.1, -0.05) is 32.4 Å². The third-order valence-corrected chi connectivity index (χ3v) is 3.95. The highest BCUT2D eigenvalue weighted by Crippen LogP contribution is 2.27. The van der Waals surface area contributed by atoms with Gasteiger partial charge in [0, 0.05) is 29.8 Å². The van der Waals surface area contributed by atoms with Crippen molar-refractivity contribution in [3.05, 3.63) is 28.5 Å². The van der Waals surface area contributed by atoms with Crippen LogP contribution in [-0.4, -0.2) is 28.9 Å². The molecule has 0 spiro atoms. The van der Waals surface area contributed by atoms with Crippen LogP contribution in [0.3, 0.4) is 0 Å². The Morgan fingerprint density at radius 3 is 2.47 bits per heavy atom. The van der Waals surface area contributed by atoms with E-state index in [2.05, 4.69) is 25.8 Å². The van der Waals surface area contributed by atoms with Crippen molar-refractivity contribution < 1.29 is 4.79 Å². The van der Waals surface area contributed by atoms with Crippen LogP contribution in [0, 0.1) is 0 Å². The molecule has 0 saturated heterocycles. The van der Waals surface area contributed by atoms with Gasteiger partial charge in [-0.15, -0.1) is 0 Å². The van der Waals surface area contributed by atoms with Crippen LogP contribution in [0.1, 0.15) is 56.1 Å². The largest absolute Gasteiger partial charge is 0.339 e. The Morgan fingerprint density at radius 1 is 1.37 bits per heavy atom. The van der Waals surface area contributed by atoms with Crippen LogP contribution in [0.15, 0.2) is 12.1 Å². The molecule has 0 radical (unpaired) electrons. The van der Waals surface area contributed by atoms with E-state index < -0.39 is 0 Å². The predicted molar refractivity (Wildman–Crippen MR) is 77.7 cm³/mol. The lowest BCUT2D eigenvalue weighted by Gasteiger charge is -2.35. The van der Waals surface area contributed by atoms with Crippen molar-refractivity contribution in [2.24, 2.45) is 0 Å². The second-order valence-electron chi connectivity index (χ2n) is 6.31. The first kappa shape index (κ1) is 14.3. The normalized spacial score (nSPS) is 16.1. The summed E-state index contributed by atoms with van der Waals surface area (Å²) < 4.78 is 0. The van der Waals surface area contributed by atoms with Crippen LogP contribution >= 0.6 is 11.6 Å². The third-order valence-electron chi connectivity index (χ3n) is 3.75. The molecular weight excluding hydrogens is 260 g/mol. The number of carbonyl (C=O) groups excluding carboxylic acids is 1. The Kier molecular flexibility index (Phi) is 3.86. The molecule has 1 heterocycles. The highest BCUT2D eigenvalue weighted by atomic mass is 35.5. The van der Waals surface area contributed by atoms with Gasteiger partial charge < -0.3 is 4.90 Å². The molecule has 19 heavy (non-hydrogen) atoms. The maximum absolute atomic E-state index is 12.4. The van der Waals surface area contributed by atoms with E-state index in [1.54, 1.807) is 6.07 Å². The molecular formula is C15H21ClN2O. The average molecular weight is 281 g/mol. The number of hydrogen-bond donors (Lipinski definition) is 0.